The molecule has 0 aliphatic rings. The number of aromatic carboxylic acids is 1. The van der Waals surface area contributed by atoms with Gasteiger partial charge in [0, 0.05) is 16.5 Å². The number of hydrogen-bond acceptors (Lipinski definition) is 2. The van der Waals surface area contributed by atoms with E-state index in [1.54, 1.807) is 12.1 Å². The summed E-state index contributed by atoms with van der Waals surface area (Å²) in [6, 6.07) is 22.8. The lowest BCUT2D eigenvalue weighted by Crippen LogP contribution is -2.00. The molecule has 1 aromatic heterocycles. The van der Waals surface area contributed by atoms with Crippen LogP contribution in [-0.2, 0) is 0 Å². The first-order valence-corrected chi connectivity index (χ1v) is 8.84. The average Bonchev–Trinajstić information content (AvgIpc) is 2.99. The van der Waals surface area contributed by atoms with Crippen LogP contribution in [0, 0.1) is 3.57 Å². The van der Waals surface area contributed by atoms with E-state index in [1.807, 2.05) is 60.7 Å². The maximum Gasteiger partial charge on any atom is 0.336 e. The Bertz CT molecular complexity index is 1070. The van der Waals surface area contributed by atoms with E-state index < -0.39 is 5.97 Å². The predicted octanol–water partition coefficient (Wildman–Crippen LogP) is 6.07. The minimum absolute atomic E-state index is 0.275. The Morgan fingerprint density at radius 2 is 1.44 bits per heavy atom. The van der Waals surface area contributed by atoms with Crippen molar-refractivity contribution in [1.82, 2.24) is 0 Å². The van der Waals surface area contributed by atoms with Crippen LogP contribution in [0.2, 0.25) is 0 Å². The third-order valence-electron chi connectivity index (χ3n) is 4.13. The van der Waals surface area contributed by atoms with Crippen LogP contribution in [0.5, 0.6) is 0 Å². The molecule has 4 heteroatoms. The molecule has 25 heavy (non-hydrogen) atoms. The maximum absolute atomic E-state index is 11.8. The SMILES string of the molecule is O=C(O)c1ccc2oc(-c3ccccc3)c(I)c2c1-c1ccccc1. The first-order chi connectivity index (χ1) is 12.2. The molecule has 122 valence electrons. The summed E-state index contributed by atoms with van der Waals surface area (Å²) in [5.74, 6) is -0.185. The fraction of sp³-hybridized carbons (Fsp3) is 0. The lowest BCUT2D eigenvalue weighted by atomic mass is 9.96. The zero-order chi connectivity index (χ0) is 17.4. The monoisotopic (exact) mass is 440 g/mol. The summed E-state index contributed by atoms with van der Waals surface area (Å²) in [7, 11) is 0. The lowest BCUT2D eigenvalue weighted by Gasteiger charge is -2.08. The Morgan fingerprint density at radius 3 is 2.04 bits per heavy atom. The molecule has 0 atom stereocenters. The van der Waals surface area contributed by atoms with Gasteiger partial charge in [0.25, 0.3) is 0 Å². The second-order valence-electron chi connectivity index (χ2n) is 5.64. The van der Waals surface area contributed by atoms with Crippen LogP contribution in [0.4, 0.5) is 0 Å². The quantitative estimate of drug-likeness (QED) is 0.394. The van der Waals surface area contributed by atoms with Crippen molar-refractivity contribution in [2.24, 2.45) is 0 Å². The molecule has 0 unspecified atom stereocenters. The Hall–Kier alpha value is -2.60. The van der Waals surface area contributed by atoms with Gasteiger partial charge in [0.1, 0.15) is 11.3 Å². The van der Waals surface area contributed by atoms with Gasteiger partial charge in [-0.05, 0) is 40.3 Å². The zero-order valence-electron chi connectivity index (χ0n) is 13.1. The topological polar surface area (TPSA) is 50.4 Å². The summed E-state index contributed by atoms with van der Waals surface area (Å²) in [5.41, 5.74) is 3.49. The second kappa shape index (κ2) is 6.37. The van der Waals surface area contributed by atoms with Gasteiger partial charge in [-0.3, -0.25) is 0 Å². The molecule has 0 fully saturated rings. The number of carboxylic acid groups (broad SMARTS) is 1. The predicted molar refractivity (Wildman–Crippen MR) is 107 cm³/mol. The molecule has 0 spiro atoms. The van der Waals surface area contributed by atoms with E-state index in [0.717, 1.165) is 25.8 Å². The van der Waals surface area contributed by atoms with E-state index in [1.165, 1.54) is 0 Å². The second-order valence-corrected chi connectivity index (χ2v) is 6.72. The molecule has 0 bridgehead atoms. The van der Waals surface area contributed by atoms with Gasteiger partial charge >= 0.3 is 5.97 Å². The van der Waals surface area contributed by atoms with Crippen molar-refractivity contribution in [2.75, 3.05) is 0 Å². The minimum Gasteiger partial charge on any atom is -0.478 e. The van der Waals surface area contributed by atoms with E-state index in [-0.39, 0.29) is 5.56 Å². The highest BCUT2D eigenvalue weighted by Gasteiger charge is 2.22. The number of halogens is 1. The molecule has 4 aromatic rings. The van der Waals surface area contributed by atoms with Crippen molar-refractivity contribution in [2.45, 2.75) is 0 Å². The lowest BCUT2D eigenvalue weighted by molar-refractivity contribution is 0.0698. The highest BCUT2D eigenvalue weighted by Crippen LogP contribution is 2.41. The van der Waals surface area contributed by atoms with E-state index in [2.05, 4.69) is 22.6 Å². The number of rotatable bonds is 3. The molecule has 0 aliphatic heterocycles. The van der Waals surface area contributed by atoms with Gasteiger partial charge in [0.05, 0.1) is 9.13 Å². The Balaban J connectivity index is 2.09. The Labute approximate surface area is 158 Å². The first-order valence-electron chi connectivity index (χ1n) is 7.76. The summed E-state index contributed by atoms with van der Waals surface area (Å²) in [6.07, 6.45) is 0. The summed E-state index contributed by atoms with van der Waals surface area (Å²) in [5, 5.41) is 10.5. The molecule has 3 nitrogen and oxygen atoms in total. The van der Waals surface area contributed by atoms with Crippen LogP contribution in [0.1, 0.15) is 10.4 Å². The van der Waals surface area contributed by atoms with Crippen LogP contribution in [0.15, 0.2) is 77.2 Å². The smallest absolute Gasteiger partial charge is 0.336 e. The highest BCUT2D eigenvalue weighted by molar-refractivity contribution is 14.1. The van der Waals surface area contributed by atoms with Crippen molar-refractivity contribution < 1.29 is 14.3 Å². The van der Waals surface area contributed by atoms with Gasteiger partial charge < -0.3 is 9.52 Å². The Kier molecular flexibility index (Phi) is 4.05. The summed E-state index contributed by atoms with van der Waals surface area (Å²) < 4.78 is 7.00. The molecule has 3 aromatic carbocycles. The molecule has 1 N–H and O–H groups in total. The maximum atomic E-state index is 11.8. The molecule has 4 rings (SSSR count). The van der Waals surface area contributed by atoms with Crippen molar-refractivity contribution in [3.63, 3.8) is 0 Å². The van der Waals surface area contributed by atoms with Crippen molar-refractivity contribution in [1.29, 1.82) is 0 Å². The average molecular weight is 440 g/mol. The van der Waals surface area contributed by atoms with Crippen LogP contribution in [0.3, 0.4) is 0 Å². The van der Waals surface area contributed by atoms with Crippen molar-refractivity contribution in [3.05, 3.63) is 81.9 Å². The summed E-state index contributed by atoms with van der Waals surface area (Å²) >= 11 is 2.24. The fourth-order valence-electron chi connectivity index (χ4n) is 3.01. The van der Waals surface area contributed by atoms with E-state index >= 15 is 0 Å². The molecule has 1 heterocycles. The third kappa shape index (κ3) is 2.72. The van der Waals surface area contributed by atoms with E-state index in [4.69, 9.17) is 4.42 Å². The summed E-state index contributed by atoms with van der Waals surface area (Å²) in [4.78, 5) is 11.8. The molecule has 0 amide bonds. The van der Waals surface area contributed by atoms with Crippen molar-refractivity contribution in [3.8, 4) is 22.5 Å². The van der Waals surface area contributed by atoms with Gasteiger partial charge in [-0.2, -0.15) is 0 Å². The minimum atomic E-state index is -0.945. The normalized spacial score (nSPS) is 10.9. The van der Waals surface area contributed by atoms with Gasteiger partial charge in [-0.15, -0.1) is 0 Å². The van der Waals surface area contributed by atoms with Gasteiger partial charge in [-0.25, -0.2) is 4.79 Å². The zero-order valence-corrected chi connectivity index (χ0v) is 15.2. The van der Waals surface area contributed by atoms with Crippen LogP contribution in [-0.4, -0.2) is 11.1 Å². The van der Waals surface area contributed by atoms with Crippen LogP contribution in [0.25, 0.3) is 33.4 Å². The fourth-order valence-corrected chi connectivity index (χ4v) is 3.97. The number of fused-ring (bicyclic) bond motifs is 1. The number of carbonyl (C=O) groups is 1. The third-order valence-corrected chi connectivity index (χ3v) is 5.16. The van der Waals surface area contributed by atoms with Crippen LogP contribution >= 0.6 is 22.6 Å². The van der Waals surface area contributed by atoms with Gasteiger partial charge in [0.15, 0.2) is 0 Å². The number of carboxylic acids is 1. The molecule has 0 saturated carbocycles. The highest BCUT2D eigenvalue weighted by atomic mass is 127. The van der Waals surface area contributed by atoms with Gasteiger partial charge in [-0.1, -0.05) is 60.7 Å². The van der Waals surface area contributed by atoms with Crippen molar-refractivity contribution >= 4 is 39.5 Å². The number of hydrogen-bond donors (Lipinski definition) is 1. The van der Waals surface area contributed by atoms with Gasteiger partial charge in [0.2, 0.25) is 0 Å². The van der Waals surface area contributed by atoms with Crippen LogP contribution < -0.4 is 0 Å². The molecule has 0 radical (unpaired) electrons. The molecule has 0 aliphatic carbocycles. The van der Waals surface area contributed by atoms with E-state index in [9.17, 15) is 9.90 Å². The first kappa shape index (κ1) is 15.9. The number of furan rings is 1. The largest absolute Gasteiger partial charge is 0.478 e. The Morgan fingerprint density at radius 1 is 0.840 bits per heavy atom. The molecular weight excluding hydrogens is 427 g/mol. The standard InChI is InChI=1S/C21H13IO3/c22-19-18-16(25-20(19)14-9-5-2-6-10-14)12-11-15(21(23)24)17(18)13-7-3-1-4-8-13/h1-12H,(H,23,24). The molecular formula is C21H13IO3. The number of benzene rings is 3. The van der Waals surface area contributed by atoms with E-state index in [0.29, 0.717) is 11.1 Å². The summed E-state index contributed by atoms with van der Waals surface area (Å²) in [6.45, 7) is 0. The molecule has 0 saturated heterocycles.